The van der Waals surface area contributed by atoms with E-state index in [1.165, 1.54) is 4.90 Å². The van der Waals surface area contributed by atoms with Gasteiger partial charge in [-0.05, 0) is 17.5 Å². The summed E-state index contributed by atoms with van der Waals surface area (Å²) in [6.45, 7) is 2.18. The summed E-state index contributed by atoms with van der Waals surface area (Å²) in [5, 5.41) is 9.65. The highest BCUT2D eigenvalue weighted by Crippen LogP contribution is 2.22. The van der Waals surface area contributed by atoms with Gasteiger partial charge in [-0.3, -0.25) is 14.5 Å². The van der Waals surface area contributed by atoms with E-state index < -0.39 is 30.0 Å². The summed E-state index contributed by atoms with van der Waals surface area (Å²) < 4.78 is 10.8. The van der Waals surface area contributed by atoms with Crippen molar-refractivity contribution < 1.29 is 33.8 Å². The molecule has 1 fully saturated rings. The summed E-state index contributed by atoms with van der Waals surface area (Å²) in [5.41, 5.74) is 1.63. The molecule has 2 atom stereocenters. The number of esters is 2. The van der Waals surface area contributed by atoms with E-state index in [1.54, 1.807) is 12.1 Å². The quantitative estimate of drug-likeness (QED) is 0.326. The molecule has 1 aliphatic rings. The number of carboxylic acid groups (broad SMARTS) is 1. The van der Waals surface area contributed by atoms with Crippen molar-refractivity contribution in [2.75, 3.05) is 19.6 Å². The number of rotatable bonds is 12. The van der Waals surface area contributed by atoms with Crippen LogP contribution in [0.2, 0.25) is 0 Å². The predicted molar refractivity (Wildman–Crippen MR) is 140 cm³/mol. The maximum absolute atomic E-state index is 13.5. The van der Waals surface area contributed by atoms with Gasteiger partial charge in [-0.1, -0.05) is 86.8 Å². The molecule has 0 unspecified atom stereocenters. The first-order valence-electron chi connectivity index (χ1n) is 13.1. The van der Waals surface area contributed by atoms with Gasteiger partial charge in [-0.2, -0.15) is 0 Å². The number of piperazine rings is 1. The van der Waals surface area contributed by atoms with Gasteiger partial charge in [0, 0.05) is 19.0 Å². The van der Waals surface area contributed by atoms with Crippen LogP contribution in [0, 0.1) is 5.92 Å². The Labute approximate surface area is 223 Å². The fourth-order valence-electron chi connectivity index (χ4n) is 4.45. The highest BCUT2D eigenvalue weighted by molar-refractivity contribution is 5.86. The first kappa shape index (κ1) is 28.7. The average molecular weight is 525 g/mol. The lowest BCUT2D eigenvalue weighted by molar-refractivity contribution is -0.157. The SMILES string of the molecule is CCCCC[C@H](CC(=O)OCc1ccccc1)C(=O)N1CCN(C(=O)O)[C@H](C(=O)OCc2ccccc2)C1. The number of carbonyl (C=O) groups excluding carboxylic acids is 3. The van der Waals surface area contributed by atoms with Gasteiger partial charge >= 0.3 is 18.0 Å². The van der Waals surface area contributed by atoms with Gasteiger partial charge in [0.05, 0.1) is 13.0 Å². The van der Waals surface area contributed by atoms with Crippen molar-refractivity contribution in [3.63, 3.8) is 0 Å². The Hall–Kier alpha value is -3.88. The minimum atomic E-state index is -1.25. The van der Waals surface area contributed by atoms with Crippen LogP contribution in [0.25, 0.3) is 0 Å². The molecule has 9 heteroatoms. The topological polar surface area (TPSA) is 113 Å². The molecule has 1 N–H and O–H groups in total. The molecule has 38 heavy (non-hydrogen) atoms. The van der Waals surface area contributed by atoms with Crippen LogP contribution in [0.5, 0.6) is 0 Å². The van der Waals surface area contributed by atoms with Crippen molar-refractivity contribution in [1.29, 1.82) is 0 Å². The molecule has 3 rings (SSSR count). The van der Waals surface area contributed by atoms with E-state index >= 15 is 0 Å². The highest BCUT2D eigenvalue weighted by atomic mass is 16.5. The summed E-state index contributed by atoms with van der Waals surface area (Å²) in [5.74, 6) is -2.06. The number of benzene rings is 2. The fourth-order valence-corrected chi connectivity index (χ4v) is 4.45. The zero-order valence-corrected chi connectivity index (χ0v) is 21.8. The number of amides is 2. The summed E-state index contributed by atoms with van der Waals surface area (Å²) in [7, 11) is 0. The van der Waals surface area contributed by atoms with Crippen LogP contribution < -0.4 is 0 Å². The largest absolute Gasteiger partial charge is 0.465 e. The van der Waals surface area contributed by atoms with Crippen LogP contribution in [0.1, 0.15) is 50.2 Å². The normalized spacial score (nSPS) is 16.0. The lowest BCUT2D eigenvalue weighted by Crippen LogP contribution is -2.60. The molecule has 1 saturated heterocycles. The van der Waals surface area contributed by atoms with Gasteiger partial charge in [0.15, 0.2) is 6.04 Å². The Balaban J connectivity index is 1.65. The molecule has 1 heterocycles. The van der Waals surface area contributed by atoms with Crippen molar-refractivity contribution in [1.82, 2.24) is 9.80 Å². The zero-order valence-electron chi connectivity index (χ0n) is 21.8. The summed E-state index contributed by atoms with van der Waals surface area (Å²) in [6, 6.07) is 17.2. The third kappa shape index (κ3) is 8.61. The molecule has 2 aromatic rings. The van der Waals surface area contributed by atoms with Crippen LogP contribution in [-0.4, -0.2) is 64.5 Å². The smallest absolute Gasteiger partial charge is 0.408 e. The third-order valence-electron chi connectivity index (χ3n) is 6.59. The minimum absolute atomic E-state index is 0.00444. The summed E-state index contributed by atoms with van der Waals surface area (Å²) >= 11 is 0. The van der Waals surface area contributed by atoms with E-state index in [0.717, 1.165) is 35.3 Å². The van der Waals surface area contributed by atoms with E-state index in [1.807, 2.05) is 48.5 Å². The Morgan fingerprint density at radius 2 is 1.50 bits per heavy atom. The Bertz CT molecular complexity index is 1060. The molecule has 0 bridgehead atoms. The number of unbranched alkanes of at least 4 members (excludes halogenated alkanes) is 2. The number of hydrogen-bond acceptors (Lipinski definition) is 6. The van der Waals surface area contributed by atoms with E-state index in [9.17, 15) is 24.3 Å². The van der Waals surface area contributed by atoms with Crippen LogP contribution >= 0.6 is 0 Å². The molecule has 0 radical (unpaired) electrons. The molecule has 9 nitrogen and oxygen atoms in total. The molecule has 0 saturated carbocycles. The van der Waals surface area contributed by atoms with Gasteiger partial charge in [0.25, 0.3) is 0 Å². The number of ether oxygens (including phenoxy) is 2. The molecule has 2 aromatic carbocycles. The Kier molecular flexibility index (Phi) is 11.1. The van der Waals surface area contributed by atoms with Crippen molar-refractivity contribution >= 4 is 23.9 Å². The van der Waals surface area contributed by atoms with Gasteiger partial charge in [0.2, 0.25) is 5.91 Å². The molecule has 2 amide bonds. The van der Waals surface area contributed by atoms with Crippen LogP contribution in [0.3, 0.4) is 0 Å². The zero-order chi connectivity index (χ0) is 27.3. The number of hydrogen-bond donors (Lipinski definition) is 1. The predicted octanol–water partition coefficient (Wildman–Crippen LogP) is 4.25. The second-order valence-electron chi connectivity index (χ2n) is 9.41. The molecule has 0 aromatic heterocycles. The van der Waals surface area contributed by atoms with Crippen LogP contribution in [-0.2, 0) is 37.1 Å². The number of carbonyl (C=O) groups is 4. The van der Waals surface area contributed by atoms with Crippen molar-refractivity contribution in [3.8, 4) is 0 Å². The Morgan fingerprint density at radius 3 is 2.08 bits per heavy atom. The van der Waals surface area contributed by atoms with E-state index in [4.69, 9.17) is 9.47 Å². The molecule has 0 spiro atoms. The van der Waals surface area contributed by atoms with Crippen molar-refractivity contribution in [2.45, 2.75) is 58.3 Å². The third-order valence-corrected chi connectivity index (χ3v) is 6.59. The standard InChI is InChI=1S/C29H36N2O7/c1-2-3-6-15-24(18-26(32)37-20-22-11-7-4-8-12-22)27(33)30-16-17-31(29(35)36)25(19-30)28(34)38-21-23-13-9-5-10-14-23/h4-5,7-14,24-25H,2-3,6,15-21H2,1H3,(H,35,36)/t24-,25+/m1/s1. The Morgan fingerprint density at radius 1 is 0.895 bits per heavy atom. The van der Waals surface area contributed by atoms with Gasteiger partial charge < -0.3 is 19.5 Å². The van der Waals surface area contributed by atoms with E-state index in [0.29, 0.717) is 6.42 Å². The first-order valence-corrected chi connectivity index (χ1v) is 13.1. The van der Waals surface area contributed by atoms with Crippen LogP contribution in [0.15, 0.2) is 60.7 Å². The molecule has 0 aliphatic carbocycles. The van der Waals surface area contributed by atoms with E-state index in [2.05, 4.69) is 6.92 Å². The lowest BCUT2D eigenvalue weighted by Gasteiger charge is -2.39. The second-order valence-corrected chi connectivity index (χ2v) is 9.41. The van der Waals surface area contributed by atoms with Crippen LogP contribution in [0.4, 0.5) is 4.79 Å². The van der Waals surface area contributed by atoms with Crippen molar-refractivity contribution in [3.05, 3.63) is 71.8 Å². The molecular formula is C29H36N2O7. The molecule has 1 aliphatic heterocycles. The van der Waals surface area contributed by atoms with E-state index in [-0.39, 0.29) is 45.2 Å². The highest BCUT2D eigenvalue weighted by Gasteiger charge is 2.39. The lowest BCUT2D eigenvalue weighted by atomic mass is 9.95. The summed E-state index contributed by atoms with van der Waals surface area (Å²) in [6.07, 6.45) is 1.85. The fraction of sp³-hybridized carbons (Fsp3) is 0.448. The molecular weight excluding hydrogens is 488 g/mol. The maximum atomic E-state index is 13.5. The van der Waals surface area contributed by atoms with Gasteiger partial charge in [0.1, 0.15) is 13.2 Å². The molecule has 204 valence electrons. The average Bonchev–Trinajstić information content (AvgIpc) is 2.94. The monoisotopic (exact) mass is 524 g/mol. The van der Waals surface area contributed by atoms with Gasteiger partial charge in [-0.25, -0.2) is 9.59 Å². The summed E-state index contributed by atoms with van der Waals surface area (Å²) in [4.78, 5) is 53.4. The second kappa shape index (κ2) is 14.8. The number of nitrogens with zero attached hydrogens (tertiary/aromatic N) is 2. The maximum Gasteiger partial charge on any atom is 0.408 e. The van der Waals surface area contributed by atoms with Gasteiger partial charge in [-0.15, -0.1) is 0 Å². The first-order chi connectivity index (χ1) is 18.4. The van der Waals surface area contributed by atoms with Crippen molar-refractivity contribution in [2.24, 2.45) is 5.92 Å². The minimum Gasteiger partial charge on any atom is -0.465 e.